The van der Waals surface area contributed by atoms with E-state index in [-0.39, 0.29) is 0 Å². The summed E-state index contributed by atoms with van der Waals surface area (Å²) in [6.45, 7) is 4.00. The first-order valence-corrected chi connectivity index (χ1v) is 12.1. The second-order valence-electron chi connectivity index (χ2n) is 6.54. The fourth-order valence-electron chi connectivity index (χ4n) is 2.40. The van der Waals surface area contributed by atoms with Crippen molar-refractivity contribution in [2.75, 3.05) is 26.6 Å². The number of carbonyl (C=O) groups is 4. The molecular formula is C23H30N2O6S. The van der Waals surface area contributed by atoms with E-state index in [0.717, 1.165) is 22.3 Å². The number of imide groups is 2. The molecule has 9 heteroatoms. The van der Waals surface area contributed by atoms with Crippen molar-refractivity contribution in [3.05, 3.63) is 72.8 Å². The van der Waals surface area contributed by atoms with Crippen molar-refractivity contribution >= 4 is 33.5 Å². The number of benzene rings is 2. The summed E-state index contributed by atoms with van der Waals surface area (Å²) < 4.78 is 19.3. The lowest BCUT2D eigenvalue weighted by atomic mass is 9.69. The maximum atomic E-state index is 11.2. The third-order valence-electron chi connectivity index (χ3n) is 3.84. The summed E-state index contributed by atoms with van der Waals surface area (Å²) in [6, 6.07) is 24.0. The molecular weight excluding hydrogens is 432 g/mol. The average molecular weight is 463 g/mol. The monoisotopic (exact) mass is 462 g/mol. The fourth-order valence-corrected chi connectivity index (χ4v) is 2.40. The van der Waals surface area contributed by atoms with Gasteiger partial charge in [-0.3, -0.25) is 29.0 Å². The van der Waals surface area contributed by atoms with Gasteiger partial charge in [0.25, 0.3) is 29.0 Å². The lowest BCUT2D eigenvalue weighted by molar-refractivity contribution is -0.196. The van der Waals surface area contributed by atoms with Crippen LogP contribution in [0.2, 0.25) is 0 Å². The maximum absolute atomic E-state index is 11.2. The van der Waals surface area contributed by atoms with E-state index in [2.05, 4.69) is 0 Å². The normalized spacial score (nSPS) is 15.2. The number of amides is 4. The Kier molecular flexibility index (Phi) is 11.8. The van der Waals surface area contributed by atoms with E-state index in [1.54, 1.807) is 0 Å². The van der Waals surface area contributed by atoms with Gasteiger partial charge in [-0.25, -0.2) is 8.42 Å². The van der Waals surface area contributed by atoms with Crippen LogP contribution in [0, 0.1) is 5.41 Å². The van der Waals surface area contributed by atoms with Crippen LogP contribution in [0.5, 0.6) is 0 Å². The molecule has 0 N–H and O–H groups in total. The summed E-state index contributed by atoms with van der Waals surface area (Å²) in [5.41, 5.74) is -1.98. The second-order valence-corrected chi connectivity index (χ2v) is 8.83. The predicted octanol–water partition coefficient (Wildman–Crippen LogP) is 2.03. The molecule has 2 aromatic rings. The van der Waals surface area contributed by atoms with Gasteiger partial charge >= 0.3 is 0 Å². The van der Waals surface area contributed by atoms with Crippen LogP contribution in [0.3, 0.4) is 0 Å². The molecule has 2 heterocycles. The Morgan fingerprint density at radius 2 is 0.656 bits per heavy atom. The highest BCUT2D eigenvalue weighted by Crippen LogP contribution is 2.42. The molecule has 2 saturated heterocycles. The Morgan fingerprint density at radius 1 is 0.531 bits per heavy atom. The van der Waals surface area contributed by atoms with Crippen LogP contribution in [-0.4, -0.2) is 68.5 Å². The Bertz CT molecular complexity index is 827. The number of sulfone groups is 1. The van der Waals surface area contributed by atoms with Crippen LogP contribution in [-0.2, 0) is 29.0 Å². The van der Waals surface area contributed by atoms with Gasteiger partial charge in [-0.2, -0.15) is 0 Å². The zero-order valence-electron chi connectivity index (χ0n) is 19.2. The first-order chi connectivity index (χ1) is 15.0. The van der Waals surface area contributed by atoms with Gasteiger partial charge in [0.1, 0.15) is 9.84 Å². The van der Waals surface area contributed by atoms with Gasteiger partial charge in [0, 0.05) is 26.6 Å². The SMILES string of the molecule is CC.CN1C(=O)C2(C1=O)C(=O)N(C)C2=O.CS(C)(=O)=O.c1ccccc1.c1ccccc1. The molecule has 4 amide bonds. The Labute approximate surface area is 189 Å². The molecule has 0 radical (unpaired) electrons. The first-order valence-electron chi connectivity index (χ1n) is 9.76. The van der Waals surface area contributed by atoms with Crippen molar-refractivity contribution in [3.8, 4) is 0 Å². The third kappa shape index (κ3) is 7.42. The van der Waals surface area contributed by atoms with Gasteiger partial charge in [0.15, 0.2) is 0 Å². The van der Waals surface area contributed by atoms with Crippen molar-refractivity contribution in [1.82, 2.24) is 9.80 Å². The highest BCUT2D eigenvalue weighted by atomic mass is 32.2. The molecule has 8 nitrogen and oxygen atoms in total. The van der Waals surface area contributed by atoms with Gasteiger partial charge in [-0.15, -0.1) is 0 Å². The van der Waals surface area contributed by atoms with E-state index in [0.29, 0.717) is 0 Å². The minimum Gasteiger partial charge on any atom is -0.282 e. The minimum atomic E-state index is -2.67. The van der Waals surface area contributed by atoms with Crippen LogP contribution >= 0.6 is 0 Å². The number of rotatable bonds is 0. The standard InChI is InChI=1S/C7H6N2O4.2C6H6.C2H6O2S.C2H6/c1-8-3(10)7(4(8)11)5(12)9(2)6(7)13;2*1-2-4-6-5-3-1;1-5(2,3)4;1-2/h1-2H3;2*1-6H;1-2H3;1-2H3. The van der Waals surface area contributed by atoms with Crippen molar-refractivity contribution < 1.29 is 27.6 Å². The van der Waals surface area contributed by atoms with Crippen molar-refractivity contribution in [2.45, 2.75) is 13.8 Å². The maximum Gasteiger partial charge on any atom is 0.284 e. The molecule has 2 aliphatic heterocycles. The van der Waals surface area contributed by atoms with Crippen molar-refractivity contribution in [2.24, 2.45) is 5.41 Å². The molecule has 0 aromatic heterocycles. The molecule has 0 atom stereocenters. The summed E-state index contributed by atoms with van der Waals surface area (Å²) in [7, 11) is -0.177. The second kappa shape index (κ2) is 13.2. The number of likely N-dealkylation sites (tertiary alicyclic amines) is 2. The van der Waals surface area contributed by atoms with E-state index in [1.807, 2.05) is 86.6 Å². The van der Waals surface area contributed by atoms with Gasteiger partial charge in [0.2, 0.25) is 0 Å². The highest BCUT2D eigenvalue weighted by Gasteiger charge is 2.78. The molecule has 0 bridgehead atoms. The molecule has 0 saturated carbocycles. The first kappa shape index (κ1) is 28.7. The minimum absolute atomic E-state index is 0.717. The smallest absolute Gasteiger partial charge is 0.282 e. The van der Waals surface area contributed by atoms with E-state index < -0.39 is 38.9 Å². The topological polar surface area (TPSA) is 109 Å². The fraction of sp³-hybridized carbons (Fsp3) is 0.304. The molecule has 4 rings (SSSR count). The molecule has 32 heavy (non-hydrogen) atoms. The predicted molar refractivity (Wildman–Crippen MR) is 123 cm³/mol. The zero-order valence-corrected chi connectivity index (χ0v) is 20.0. The summed E-state index contributed by atoms with van der Waals surface area (Å²) in [4.78, 5) is 46.3. The summed E-state index contributed by atoms with van der Waals surface area (Å²) >= 11 is 0. The third-order valence-corrected chi connectivity index (χ3v) is 3.84. The van der Waals surface area contributed by atoms with Gasteiger partial charge < -0.3 is 0 Å². The van der Waals surface area contributed by atoms with Crippen LogP contribution in [0.4, 0.5) is 0 Å². The highest BCUT2D eigenvalue weighted by molar-refractivity contribution is 7.89. The van der Waals surface area contributed by atoms with E-state index in [1.165, 1.54) is 14.1 Å². The molecule has 0 aliphatic carbocycles. The van der Waals surface area contributed by atoms with Crippen LogP contribution in [0.1, 0.15) is 13.8 Å². The van der Waals surface area contributed by atoms with E-state index >= 15 is 0 Å². The van der Waals surface area contributed by atoms with E-state index in [4.69, 9.17) is 0 Å². The molecule has 174 valence electrons. The lowest BCUT2D eigenvalue weighted by Gasteiger charge is -2.50. The van der Waals surface area contributed by atoms with Crippen LogP contribution < -0.4 is 0 Å². The molecule has 2 aromatic carbocycles. The van der Waals surface area contributed by atoms with Crippen molar-refractivity contribution in [3.63, 3.8) is 0 Å². The summed E-state index contributed by atoms with van der Waals surface area (Å²) in [5, 5.41) is 0. The van der Waals surface area contributed by atoms with Gasteiger partial charge in [0.05, 0.1) is 0 Å². The molecule has 1 spiro atoms. The average Bonchev–Trinajstić information content (AvgIpc) is 2.82. The number of carbonyl (C=O) groups excluding carboxylic acids is 4. The summed E-state index contributed by atoms with van der Waals surface area (Å²) in [5.74, 6) is -2.87. The number of hydrogen-bond acceptors (Lipinski definition) is 6. The lowest BCUT2D eigenvalue weighted by Crippen LogP contribution is -2.82. The largest absolute Gasteiger partial charge is 0.284 e. The number of β-lactam (4-membered cyclic amide) rings is 4. The number of nitrogens with zero attached hydrogens (tertiary/aromatic N) is 2. The molecule has 2 aliphatic rings. The Morgan fingerprint density at radius 3 is 0.781 bits per heavy atom. The molecule has 0 unspecified atom stereocenters. The Balaban J connectivity index is 0.000000428. The van der Waals surface area contributed by atoms with Crippen LogP contribution in [0.25, 0.3) is 0 Å². The summed E-state index contributed by atoms with van der Waals surface area (Å²) in [6.07, 6.45) is 2.32. The quantitative estimate of drug-likeness (QED) is 0.438. The Hall–Kier alpha value is -3.33. The van der Waals surface area contributed by atoms with Crippen LogP contribution in [0.15, 0.2) is 72.8 Å². The van der Waals surface area contributed by atoms with E-state index in [9.17, 15) is 27.6 Å². The molecule has 2 fully saturated rings. The van der Waals surface area contributed by atoms with Gasteiger partial charge in [-0.1, -0.05) is 86.6 Å². The van der Waals surface area contributed by atoms with Crippen molar-refractivity contribution in [1.29, 1.82) is 0 Å². The zero-order chi connectivity index (χ0) is 24.9. The number of hydrogen-bond donors (Lipinski definition) is 0. The van der Waals surface area contributed by atoms with Gasteiger partial charge in [-0.05, 0) is 0 Å².